The number of carbonyl (C=O) groups is 4. The van der Waals surface area contributed by atoms with Gasteiger partial charge in [-0.05, 0) is 25.7 Å². The van der Waals surface area contributed by atoms with Gasteiger partial charge in [0.1, 0.15) is 6.04 Å². The molecule has 0 aromatic rings. The molecule has 3 rings (SSSR count). The Labute approximate surface area is 137 Å². The molecule has 3 fully saturated rings. The second-order valence-corrected chi connectivity index (χ2v) is 7.53. The number of carbonyl (C=O) groups excluding carboxylic acids is 3. The van der Waals surface area contributed by atoms with Gasteiger partial charge in [0.15, 0.2) is 0 Å². The normalized spacial score (nSPS) is 31.0. The average Bonchev–Trinajstić information content (AvgIpc) is 3.09. The maximum Gasteiger partial charge on any atom is 0.326 e. The minimum absolute atomic E-state index is 0.0875. The highest BCUT2D eigenvalue weighted by Gasteiger charge is 2.42. The van der Waals surface area contributed by atoms with Crippen LogP contribution in [0.25, 0.3) is 0 Å². The van der Waals surface area contributed by atoms with Crippen LogP contribution in [0.1, 0.15) is 38.5 Å². The molecule has 3 heterocycles. The van der Waals surface area contributed by atoms with Crippen LogP contribution in [0.2, 0.25) is 0 Å². The lowest BCUT2D eigenvalue weighted by Crippen LogP contribution is -2.44. The van der Waals surface area contributed by atoms with Crippen molar-refractivity contribution in [3.05, 3.63) is 0 Å². The van der Waals surface area contributed by atoms with E-state index in [4.69, 9.17) is 0 Å². The van der Waals surface area contributed by atoms with Crippen molar-refractivity contribution >= 4 is 35.6 Å². The van der Waals surface area contributed by atoms with Crippen LogP contribution in [-0.2, 0) is 14.4 Å². The summed E-state index contributed by atoms with van der Waals surface area (Å²) in [7, 11) is 0. The Morgan fingerprint density at radius 3 is 2.57 bits per heavy atom. The van der Waals surface area contributed by atoms with Crippen molar-refractivity contribution in [2.24, 2.45) is 0 Å². The van der Waals surface area contributed by atoms with Gasteiger partial charge in [-0.3, -0.25) is 14.5 Å². The van der Waals surface area contributed by atoms with E-state index in [1.807, 2.05) is 0 Å². The number of hydrogen-bond acceptors (Lipinski definition) is 5. The summed E-state index contributed by atoms with van der Waals surface area (Å²) in [6.07, 6.45) is 2.77. The van der Waals surface area contributed by atoms with Crippen LogP contribution >= 0.6 is 11.8 Å². The second kappa shape index (κ2) is 6.38. The van der Waals surface area contributed by atoms with Crippen LogP contribution in [0.4, 0.5) is 4.79 Å². The van der Waals surface area contributed by atoms with E-state index in [0.717, 1.165) is 17.7 Å². The van der Waals surface area contributed by atoms with Crippen LogP contribution in [-0.4, -0.2) is 56.5 Å². The van der Waals surface area contributed by atoms with Crippen molar-refractivity contribution in [2.75, 3.05) is 0 Å². The van der Waals surface area contributed by atoms with Crippen LogP contribution in [0.3, 0.4) is 0 Å². The lowest BCUT2D eigenvalue weighted by atomic mass is 10.0. The predicted molar refractivity (Wildman–Crippen MR) is 81.6 cm³/mol. The molecule has 0 aromatic carbocycles. The molecule has 0 aromatic heterocycles. The molecule has 3 aliphatic heterocycles. The number of imide groups is 1. The summed E-state index contributed by atoms with van der Waals surface area (Å²) < 4.78 is 0. The summed E-state index contributed by atoms with van der Waals surface area (Å²) in [5, 5.41) is 15.4. The van der Waals surface area contributed by atoms with Crippen molar-refractivity contribution in [1.82, 2.24) is 15.5 Å². The largest absolute Gasteiger partial charge is 0.480 e. The number of hydrogen-bond donors (Lipinski definition) is 3. The first-order chi connectivity index (χ1) is 11.0. The molecule has 4 amide bonds. The van der Waals surface area contributed by atoms with Crippen LogP contribution < -0.4 is 10.6 Å². The summed E-state index contributed by atoms with van der Waals surface area (Å²) in [6.45, 7) is 0. The van der Waals surface area contributed by atoms with Gasteiger partial charge in [-0.25, -0.2) is 9.59 Å². The zero-order valence-corrected chi connectivity index (χ0v) is 13.3. The summed E-state index contributed by atoms with van der Waals surface area (Å²) in [5.41, 5.74) is 0. The molecular weight excluding hydrogens is 322 g/mol. The van der Waals surface area contributed by atoms with E-state index < -0.39 is 12.0 Å². The Balaban J connectivity index is 1.49. The zero-order valence-electron chi connectivity index (χ0n) is 12.5. The highest BCUT2D eigenvalue weighted by atomic mass is 32.2. The van der Waals surface area contributed by atoms with Gasteiger partial charge < -0.3 is 15.7 Å². The first kappa shape index (κ1) is 16.1. The quantitative estimate of drug-likeness (QED) is 0.597. The van der Waals surface area contributed by atoms with Crippen molar-refractivity contribution in [3.8, 4) is 0 Å². The van der Waals surface area contributed by atoms with Crippen molar-refractivity contribution in [1.29, 1.82) is 0 Å². The highest BCUT2D eigenvalue weighted by molar-refractivity contribution is 8.00. The summed E-state index contributed by atoms with van der Waals surface area (Å²) >= 11 is 1.69. The third-order valence-electron chi connectivity index (χ3n) is 4.50. The van der Waals surface area contributed by atoms with Gasteiger partial charge in [-0.15, -0.1) is 11.8 Å². The van der Waals surface area contributed by atoms with E-state index in [1.165, 1.54) is 0 Å². The molecule has 3 saturated heterocycles. The summed E-state index contributed by atoms with van der Waals surface area (Å²) in [6, 6.07) is -1.06. The molecule has 4 unspecified atom stereocenters. The molecule has 0 saturated carbocycles. The molecule has 0 aliphatic carbocycles. The number of fused-ring (bicyclic) bond motifs is 1. The molecule has 4 atom stereocenters. The average molecular weight is 341 g/mol. The molecule has 126 valence electrons. The standard InChI is InChI=1S/C14H19N3O5S/c18-10-4-5-11(19)17(10)9(13(20)21)3-1-2-7-6-8-12(23-7)16-14(22)15-8/h7-9,12H,1-6H2,(H,20,21)(H2,15,16,22). The summed E-state index contributed by atoms with van der Waals surface area (Å²) in [5.74, 6) is -1.91. The number of rotatable bonds is 6. The van der Waals surface area contributed by atoms with Gasteiger partial charge in [-0.2, -0.15) is 0 Å². The first-order valence-electron chi connectivity index (χ1n) is 7.76. The maximum atomic E-state index is 11.7. The SMILES string of the molecule is O=C1NC2CC(CCCC(C(=O)O)N3C(=O)CCC3=O)SC2N1. The number of urea groups is 1. The molecule has 23 heavy (non-hydrogen) atoms. The van der Waals surface area contributed by atoms with Gasteiger partial charge in [0.25, 0.3) is 0 Å². The monoisotopic (exact) mass is 341 g/mol. The van der Waals surface area contributed by atoms with Crippen molar-refractivity contribution in [3.63, 3.8) is 0 Å². The molecule has 3 N–H and O–H groups in total. The number of amides is 4. The fraction of sp³-hybridized carbons (Fsp3) is 0.714. The fourth-order valence-corrected chi connectivity index (χ4v) is 4.98. The number of aliphatic carboxylic acids is 1. The molecular formula is C14H19N3O5S. The van der Waals surface area contributed by atoms with Gasteiger partial charge in [-0.1, -0.05) is 0 Å². The molecule has 0 spiro atoms. The van der Waals surface area contributed by atoms with Gasteiger partial charge in [0.2, 0.25) is 11.8 Å². The van der Waals surface area contributed by atoms with E-state index in [2.05, 4.69) is 10.6 Å². The molecule has 9 heteroatoms. The lowest BCUT2D eigenvalue weighted by Gasteiger charge is -2.23. The van der Waals surface area contributed by atoms with Gasteiger partial charge in [0, 0.05) is 18.1 Å². The maximum absolute atomic E-state index is 11.7. The fourth-order valence-electron chi connectivity index (χ4n) is 3.40. The third-order valence-corrected chi connectivity index (χ3v) is 6.05. The number of nitrogens with one attached hydrogen (secondary N) is 2. The summed E-state index contributed by atoms with van der Waals surface area (Å²) in [4.78, 5) is 46.9. The predicted octanol–water partition coefficient (Wildman–Crippen LogP) is 0.272. The number of carboxylic acids is 1. The van der Waals surface area contributed by atoms with Crippen LogP contribution in [0.15, 0.2) is 0 Å². The second-order valence-electron chi connectivity index (χ2n) is 6.08. The van der Waals surface area contributed by atoms with Crippen LogP contribution in [0, 0.1) is 0 Å². The Kier molecular flexibility index (Phi) is 4.47. The van der Waals surface area contributed by atoms with Crippen molar-refractivity contribution < 1.29 is 24.3 Å². The number of likely N-dealkylation sites (tertiary alicyclic amines) is 1. The first-order valence-corrected chi connectivity index (χ1v) is 8.70. The molecule has 0 bridgehead atoms. The number of carboxylic acid groups (broad SMARTS) is 1. The van der Waals surface area contributed by atoms with Gasteiger partial charge >= 0.3 is 12.0 Å². The number of thioether (sulfide) groups is 1. The zero-order chi connectivity index (χ0) is 16.6. The van der Waals surface area contributed by atoms with Crippen molar-refractivity contribution in [2.45, 2.75) is 61.2 Å². The Morgan fingerprint density at radius 1 is 1.26 bits per heavy atom. The highest BCUT2D eigenvalue weighted by Crippen LogP contribution is 2.37. The minimum atomic E-state index is -1.13. The Bertz CT molecular complexity index is 523. The molecule has 8 nitrogen and oxygen atoms in total. The Hall–Kier alpha value is -1.77. The van der Waals surface area contributed by atoms with E-state index >= 15 is 0 Å². The topological polar surface area (TPSA) is 116 Å². The third kappa shape index (κ3) is 3.29. The van der Waals surface area contributed by atoms with E-state index in [-0.39, 0.29) is 48.5 Å². The Morgan fingerprint density at radius 2 is 1.96 bits per heavy atom. The van der Waals surface area contributed by atoms with E-state index in [1.54, 1.807) is 11.8 Å². The molecule has 0 radical (unpaired) electrons. The lowest BCUT2D eigenvalue weighted by molar-refractivity contribution is -0.154. The van der Waals surface area contributed by atoms with E-state index in [0.29, 0.717) is 11.7 Å². The minimum Gasteiger partial charge on any atom is -0.480 e. The van der Waals surface area contributed by atoms with Gasteiger partial charge in [0.05, 0.1) is 11.4 Å². The number of nitrogens with zero attached hydrogens (tertiary/aromatic N) is 1. The smallest absolute Gasteiger partial charge is 0.326 e. The van der Waals surface area contributed by atoms with E-state index in [9.17, 15) is 24.3 Å². The molecule has 3 aliphatic rings. The van der Waals surface area contributed by atoms with Crippen LogP contribution in [0.5, 0.6) is 0 Å².